The molecule has 1 saturated heterocycles. The number of nitrogens with one attached hydrogen (secondary N) is 1. The quantitative estimate of drug-likeness (QED) is 0.250. The highest BCUT2D eigenvalue weighted by Crippen LogP contribution is 2.33. The molecule has 12 heteroatoms. The molecule has 2 aromatic carbocycles. The van der Waals surface area contributed by atoms with Crippen LogP contribution in [0, 0.1) is 6.92 Å². The number of hydrogen-bond acceptors (Lipinski definition) is 9. The summed E-state index contributed by atoms with van der Waals surface area (Å²) in [6.45, 7) is 10.3. The minimum Gasteiger partial charge on any atom is -0.490 e. The maximum Gasteiger partial charge on any atom is 0.409 e. The first kappa shape index (κ1) is 34.7. The number of rotatable bonds is 10. The molecule has 258 valence electrons. The molecular formula is C36H47N5O7. The largest absolute Gasteiger partial charge is 0.490 e. The van der Waals surface area contributed by atoms with Gasteiger partial charge in [0.15, 0.2) is 0 Å². The van der Waals surface area contributed by atoms with Gasteiger partial charge in [-0.1, -0.05) is 25.1 Å². The Balaban J connectivity index is 1.42. The van der Waals surface area contributed by atoms with Crippen LogP contribution >= 0.6 is 0 Å². The molecule has 1 aliphatic heterocycles. The molecule has 1 aromatic heterocycles. The van der Waals surface area contributed by atoms with Crippen LogP contribution in [0.1, 0.15) is 89.2 Å². The van der Waals surface area contributed by atoms with Gasteiger partial charge in [0.25, 0.3) is 0 Å². The van der Waals surface area contributed by atoms with Crippen molar-refractivity contribution in [2.75, 3.05) is 25.1 Å². The van der Waals surface area contributed by atoms with E-state index in [2.05, 4.69) is 15.5 Å². The van der Waals surface area contributed by atoms with Crippen molar-refractivity contribution in [1.82, 2.24) is 20.4 Å². The third-order valence-electron chi connectivity index (χ3n) is 8.69. The lowest BCUT2D eigenvalue weighted by Gasteiger charge is -2.30. The summed E-state index contributed by atoms with van der Waals surface area (Å²) >= 11 is 0. The number of carbonyl (C=O) groups excluding carboxylic acids is 3. The molecule has 1 unspecified atom stereocenters. The summed E-state index contributed by atoms with van der Waals surface area (Å²) in [6, 6.07) is 12.6. The minimum absolute atomic E-state index is 0.0989. The van der Waals surface area contributed by atoms with E-state index in [1.165, 1.54) is 20.0 Å². The van der Waals surface area contributed by atoms with Crippen molar-refractivity contribution in [2.45, 2.75) is 103 Å². The third kappa shape index (κ3) is 8.64. The second-order valence-electron chi connectivity index (χ2n) is 13.5. The fraction of sp³-hybridized carbons (Fsp3) is 0.528. The number of alkyl carbamates (subject to hydrolysis) is 1. The monoisotopic (exact) mass is 661 g/mol. The van der Waals surface area contributed by atoms with Gasteiger partial charge >= 0.3 is 12.2 Å². The van der Waals surface area contributed by atoms with Crippen LogP contribution in [-0.2, 0) is 20.8 Å². The third-order valence-corrected chi connectivity index (χ3v) is 8.69. The normalized spacial score (nSPS) is 17.2. The molecule has 2 heterocycles. The maximum atomic E-state index is 14.3. The van der Waals surface area contributed by atoms with Crippen molar-refractivity contribution in [3.8, 4) is 17.2 Å². The molecule has 12 nitrogen and oxygen atoms in total. The van der Waals surface area contributed by atoms with E-state index in [-0.39, 0.29) is 30.6 Å². The van der Waals surface area contributed by atoms with E-state index in [0.29, 0.717) is 49.0 Å². The van der Waals surface area contributed by atoms with Gasteiger partial charge in [-0.15, -0.1) is 10.2 Å². The van der Waals surface area contributed by atoms with Crippen molar-refractivity contribution in [3.05, 3.63) is 59.5 Å². The number of aromatic nitrogens is 2. The van der Waals surface area contributed by atoms with Crippen LogP contribution in [-0.4, -0.2) is 71.1 Å². The van der Waals surface area contributed by atoms with E-state index < -0.39 is 17.7 Å². The zero-order valence-corrected chi connectivity index (χ0v) is 28.8. The van der Waals surface area contributed by atoms with Gasteiger partial charge in [-0.2, -0.15) is 0 Å². The van der Waals surface area contributed by atoms with E-state index >= 15 is 0 Å². The smallest absolute Gasteiger partial charge is 0.409 e. The van der Waals surface area contributed by atoms with E-state index in [0.717, 1.165) is 29.7 Å². The average Bonchev–Trinajstić information content (AvgIpc) is 3.85. The Bertz CT molecular complexity index is 1580. The summed E-state index contributed by atoms with van der Waals surface area (Å²) in [4.78, 5) is 42.3. The van der Waals surface area contributed by atoms with Crippen molar-refractivity contribution in [2.24, 2.45) is 0 Å². The Morgan fingerprint density at radius 1 is 1.06 bits per heavy atom. The highest BCUT2D eigenvalue weighted by atomic mass is 16.6. The minimum atomic E-state index is -0.831. The molecule has 48 heavy (non-hydrogen) atoms. The lowest BCUT2D eigenvalue weighted by molar-refractivity contribution is -0.120. The van der Waals surface area contributed by atoms with Crippen molar-refractivity contribution in [3.63, 3.8) is 0 Å². The Morgan fingerprint density at radius 3 is 2.46 bits per heavy atom. The van der Waals surface area contributed by atoms with Gasteiger partial charge in [0.2, 0.25) is 17.7 Å². The number of likely N-dealkylation sites (tertiary alicyclic amines) is 1. The number of nitrogens with zero attached hydrogens (tertiary/aromatic N) is 4. The Kier molecular flexibility index (Phi) is 10.9. The zero-order valence-electron chi connectivity index (χ0n) is 28.8. The highest BCUT2D eigenvalue weighted by Gasteiger charge is 2.32. The molecule has 3 aromatic rings. The van der Waals surface area contributed by atoms with Crippen LogP contribution in [0.25, 0.3) is 11.5 Å². The molecule has 3 amide bonds. The second kappa shape index (κ2) is 15.1. The van der Waals surface area contributed by atoms with Crippen LogP contribution in [0.15, 0.2) is 46.9 Å². The maximum absolute atomic E-state index is 14.3. The van der Waals surface area contributed by atoms with Crippen molar-refractivity contribution >= 4 is 23.8 Å². The summed E-state index contributed by atoms with van der Waals surface area (Å²) in [5.41, 5.74) is 2.33. The van der Waals surface area contributed by atoms with Gasteiger partial charge < -0.3 is 33.7 Å². The molecule has 1 aliphatic carbocycles. The number of ether oxygens (including phenoxy) is 3. The van der Waals surface area contributed by atoms with E-state index in [1.54, 1.807) is 30.6 Å². The standard InChI is InChI=1S/C36H47N5O7/c1-7-29(37-34(43)48-36(3,4)5)33(42)41(21-24-13-16-28(17-14-24)46-27-10-8-9-11-27)30-20-25(15-12-23(30)2)31-38-39-32(47-31)26-18-19-40(22-26)35(44)45-6/h12-17,20,26-27,29H,7-11,18-19,21-22H2,1-6H3,(H,37,43)/t26?,29-/m0/s1. The van der Waals surface area contributed by atoms with E-state index in [4.69, 9.17) is 18.6 Å². The first-order chi connectivity index (χ1) is 22.9. The lowest BCUT2D eigenvalue weighted by atomic mass is 10.1. The molecule has 2 atom stereocenters. The zero-order chi connectivity index (χ0) is 34.4. The average molecular weight is 662 g/mol. The predicted molar refractivity (Wildman–Crippen MR) is 180 cm³/mol. The van der Waals surface area contributed by atoms with Gasteiger partial charge in [-0.25, -0.2) is 9.59 Å². The molecule has 2 fully saturated rings. The van der Waals surface area contributed by atoms with Gasteiger partial charge in [0.05, 0.1) is 25.7 Å². The number of hydrogen-bond donors (Lipinski definition) is 1. The van der Waals surface area contributed by atoms with Gasteiger partial charge in [-0.05, 0) is 102 Å². The van der Waals surface area contributed by atoms with Gasteiger partial charge in [-0.3, -0.25) is 4.79 Å². The van der Waals surface area contributed by atoms with Crippen LogP contribution in [0.5, 0.6) is 5.75 Å². The molecular weight excluding hydrogens is 614 g/mol. The summed E-state index contributed by atoms with van der Waals surface area (Å²) in [5.74, 6) is 1.18. The Morgan fingerprint density at radius 2 is 1.79 bits per heavy atom. The van der Waals surface area contributed by atoms with Crippen LogP contribution in [0.3, 0.4) is 0 Å². The van der Waals surface area contributed by atoms with Crippen LogP contribution in [0.2, 0.25) is 0 Å². The number of benzene rings is 2. The number of carbonyl (C=O) groups is 3. The summed E-state index contributed by atoms with van der Waals surface area (Å²) in [5, 5.41) is 11.4. The van der Waals surface area contributed by atoms with Crippen molar-refractivity contribution < 1.29 is 33.0 Å². The molecule has 0 bridgehead atoms. The van der Waals surface area contributed by atoms with Gasteiger partial charge in [0.1, 0.15) is 17.4 Å². The Hall–Kier alpha value is -4.61. The molecule has 0 spiro atoms. The summed E-state index contributed by atoms with van der Waals surface area (Å²) in [6.07, 6.45) is 4.76. The first-order valence-corrected chi connectivity index (χ1v) is 16.8. The lowest BCUT2D eigenvalue weighted by Crippen LogP contribution is -2.49. The topological polar surface area (TPSA) is 136 Å². The van der Waals surface area contributed by atoms with Crippen LogP contribution < -0.4 is 15.0 Å². The number of methoxy groups -OCH3 is 1. The first-order valence-electron chi connectivity index (χ1n) is 16.8. The molecule has 1 saturated carbocycles. The number of amides is 3. The fourth-order valence-electron chi connectivity index (χ4n) is 6.12. The highest BCUT2D eigenvalue weighted by molar-refractivity contribution is 5.99. The Labute approximate surface area is 282 Å². The second-order valence-corrected chi connectivity index (χ2v) is 13.5. The molecule has 5 rings (SSSR count). The summed E-state index contributed by atoms with van der Waals surface area (Å²) < 4.78 is 22.6. The molecule has 0 radical (unpaired) electrons. The summed E-state index contributed by atoms with van der Waals surface area (Å²) in [7, 11) is 1.36. The van der Waals surface area contributed by atoms with Gasteiger partial charge in [0, 0.05) is 24.3 Å². The van der Waals surface area contributed by atoms with E-state index in [1.807, 2.05) is 56.3 Å². The van der Waals surface area contributed by atoms with Crippen LogP contribution in [0.4, 0.5) is 15.3 Å². The molecule has 1 N–H and O–H groups in total. The van der Waals surface area contributed by atoms with E-state index in [9.17, 15) is 14.4 Å². The molecule has 2 aliphatic rings. The fourth-order valence-corrected chi connectivity index (χ4v) is 6.12. The number of aryl methyl sites for hydroxylation is 1. The number of anilines is 1. The SMILES string of the molecule is CC[C@H](NC(=O)OC(C)(C)C)C(=O)N(Cc1ccc(OC2CCCC2)cc1)c1cc(-c2nnc(C3CCN(C(=O)OC)C3)o2)ccc1C. The predicted octanol–water partition coefficient (Wildman–Crippen LogP) is 6.76. The van der Waals surface area contributed by atoms with Crippen molar-refractivity contribution in [1.29, 1.82) is 0 Å².